The molecular weight excluding hydrogens is 360 g/mol. The van der Waals surface area contributed by atoms with E-state index in [2.05, 4.69) is 37.4 Å². The van der Waals surface area contributed by atoms with Gasteiger partial charge < -0.3 is 11.1 Å². The Morgan fingerprint density at radius 3 is 2.63 bits per heavy atom. The second-order valence-electron chi connectivity index (χ2n) is 7.97. The molecule has 2 aliphatic carbocycles. The minimum atomic E-state index is -0.244. The third-order valence-electron chi connectivity index (χ3n) is 6.06. The fraction of sp³-hybridized carbons (Fsp3) is 0.524. The monoisotopic (exact) mass is 388 g/mol. The van der Waals surface area contributed by atoms with E-state index in [1.165, 1.54) is 16.8 Å². The highest BCUT2D eigenvalue weighted by molar-refractivity contribution is 5.95. The zero-order chi connectivity index (χ0) is 18.3. The van der Waals surface area contributed by atoms with Gasteiger partial charge in [-0.15, -0.1) is 12.4 Å². The number of benzene rings is 1. The van der Waals surface area contributed by atoms with Gasteiger partial charge in [-0.05, 0) is 57.6 Å². The first-order valence-electron chi connectivity index (χ1n) is 9.74. The van der Waals surface area contributed by atoms with E-state index in [1.54, 1.807) is 0 Å². The number of rotatable bonds is 4. The van der Waals surface area contributed by atoms with Gasteiger partial charge in [-0.1, -0.05) is 30.5 Å². The van der Waals surface area contributed by atoms with Crippen molar-refractivity contribution in [2.24, 2.45) is 5.73 Å². The minimum absolute atomic E-state index is 0. The highest BCUT2D eigenvalue weighted by Crippen LogP contribution is 2.32. The standard InChI is InChI=1S/C21H28N4O.ClH/c1-14-8-9-17(15(2)12-14)25-18-7-5-6-16(18)19(24-25)20(26)23-21(13-22)10-3-4-11-21;/h8-9,12H,3-7,10-11,13,22H2,1-2H3,(H,23,26);1H. The summed E-state index contributed by atoms with van der Waals surface area (Å²) >= 11 is 0. The maximum Gasteiger partial charge on any atom is 0.272 e. The topological polar surface area (TPSA) is 72.9 Å². The van der Waals surface area contributed by atoms with Crippen LogP contribution in [0, 0.1) is 13.8 Å². The van der Waals surface area contributed by atoms with E-state index >= 15 is 0 Å². The molecule has 0 bridgehead atoms. The van der Waals surface area contributed by atoms with E-state index in [1.807, 2.05) is 4.68 Å². The van der Waals surface area contributed by atoms with E-state index in [4.69, 9.17) is 10.8 Å². The molecule has 1 amide bonds. The number of fused-ring (bicyclic) bond motifs is 1. The Hall–Kier alpha value is -1.85. The van der Waals surface area contributed by atoms with Crippen LogP contribution in [0.4, 0.5) is 0 Å². The predicted molar refractivity (Wildman–Crippen MR) is 110 cm³/mol. The van der Waals surface area contributed by atoms with Crippen molar-refractivity contribution >= 4 is 18.3 Å². The number of halogens is 1. The van der Waals surface area contributed by atoms with Gasteiger partial charge in [-0.25, -0.2) is 4.68 Å². The highest BCUT2D eigenvalue weighted by atomic mass is 35.5. The van der Waals surface area contributed by atoms with Crippen molar-refractivity contribution in [3.05, 3.63) is 46.3 Å². The van der Waals surface area contributed by atoms with Crippen LogP contribution in [0.3, 0.4) is 0 Å². The first-order valence-corrected chi connectivity index (χ1v) is 9.74. The Bertz CT molecular complexity index is 852. The van der Waals surface area contributed by atoms with Crippen molar-refractivity contribution < 1.29 is 4.79 Å². The fourth-order valence-corrected chi connectivity index (χ4v) is 4.59. The average molecular weight is 389 g/mol. The Morgan fingerprint density at radius 2 is 1.96 bits per heavy atom. The number of nitrogens with one attached hydrogen (secondary N) is 1. The predicted octanol–water partition coefficient (Wildman–Crippen LogP) is 3.40. The molecule has 2 aromatic rings. The van der Waals surface area contributed by atoms with Crippen LogP contribution >= 0.6 is 12.4 Å². The zero-order valence-electron chi connectivity index (χ0n) is 16.2. The number of hydrogen-bond donors (Lipinski definition) is 2. The lowest BCUT2D eigenvalue weighted by Crippen LogP contribution is -2.51. The summed E-state index contributed by atoms with van der Waals surface area (Å²) in [7, 11) is 0. The van der Waals surface area contributed by atoms with Gasteiger partial charge in [0.25, 0.3) is 5.91 Å². The van der Waals surface area contributed by atoms with Crippen molar-refractivity contribution in [1.82, 2.24) is 15.1 Å². The Kier molecular flexibility index (Phi) is 5.63. The molecule has 1 aromatic carbocycles. The maximum atomic E-state index is 13.1. The molecule has 6 heteroatoms. The van der Waals surface area contributed by atoms with E-state index < -0.39 is 0 Å². The second-order valence-corrected chi connectivity index (χ2v) is 7.97. The molecule has 0 radical (unpaired) electrons. The van der Waals surface area contributed by atoms with Gasteiger partial charge >= 0.3 is 0 Å². The Balaban J connectivity index is 0.00000210. The summed E-state index contributed by atoms with van der Waals surface area (Å²) in [6.07, 6.45) is 7.19. The molecule has 1 saturated carbocycles. The first-order chi connectivity index (χ1) is 12.5. The SMILES string of the molecule is Cc1ccc(-n2nc(C(=O)NC3(CN)CCCC3)c3c2CCC3)c(C)c1.Cl. The lowest BCUT2D eigenvalue weighted by atomic mass is 9.97. The number of amides is 1. The summed E-state index contributed by atoms with van der Waals surface area (Å²) < 4.78 is 2.00. The van der Waals surface area contributed by atoms with Gasteiger partial charge in [-0.3, -0.25) is 4.79 Å². The molecule has 0 spiro atoms. The van der Waals surface area contributed by atoms with Gasteiger partial charge in [0.1, 0.15) is 0 Å². The normalized spacial score (nSPS) is 17.4. The summed E-state index contributed by atoms with van der Waals surface area (Å²) in [4.78, 5) is 13.1. The molecule has 3 N–H and O–H groups in total. The molecule has 27 heavy (non-hydrogen) atoms. The summed E-state index contributed by atoms with van der Waals surface area (Å²) in [5.74, 6) is -0.0565. The second kappa shape index (κ2) is 7.64. The third-order valence-corrected chi connectivity index (χ3v) is 6.06. The van der Waals surface area contributed by atoms with Crippen LogP contribution in [-0.4, -0.2) is 27.8 Å². The Labute approximate surface area is 167 Å². The van der Waals surface area contributed by atoms with Gasteiger partial charge in [0, 0.05) is 17.8 Å². The molecule has 1 fully saturated rings. The number of nitrogens with two attached hydrogens (primary N) is 1. The van der Waals surface area contributed by atoms with Crippen LogP contribution in [0.2, 0.25) is 0 Å². The summed E-state index contributed by atoms with van der Waals surface area (Å²) in [5, 5.41) is 8.00. The lowest BCUT2D eigenvalue weighted by Gasteiger charge is -2.28. The molecule has 0 saturated heterocycles. The molecule has 146 valence electrons. The van der Waals surface area contributed by atoms with Gasteiger partial charge in [-0.2, -0.15) is 5.10 Å². The van der Waals surface area contributed by atoms with Gasteiger partial charge in [0.2, 0.25) is 0 Å². The first kappa shape index (κ1) is 19.9. The summed E-state index contributed by atoms with van der Waals surface area (Å²) in [6.45, 7) is 4.70. The summed E-state index contributed by atoms with van der Waals surface area (Å²) in [5.41, 5.74) is 12.1. The third kappa shape index (κ3) is 3.50. The number of nitrogens with zero attached hydrogens (tertiary/aromatic N) is 2. The van der Waals surface area contributed by atoms with Gasteiger partial charge in [0.15, 0.2) is 5.69 Å². The average Bonchev–Trinajstić information content (AvgIpc) is 3.32. The molecular formula is C21H29ClN4O. The fourth-order valence-electron chi connectivity index (χ4n) is 4.59. The molecule has 1 heterocycles. The number of aryl methyl sites for hydroxylation is 2. The van der Waals surface area contributed by atoms with Crippen molar-refractivity contribution in [1.29, 1.82) is 0 Å². The van der Waals surface area contributed by atoms with Crippen LogP contribution in [0.15, 0.2) is 18.2 Å². The molecule has 0 aliphatic heterocycles. The number of carbonyl (C=O) groups excluding carboxylic acids is 1. The smallest absolute Gasteiger partial charge is 0.272 e. The largest absolute Gasteiger partial charge is 0.344 e. The summed E-state index contributed by atoms with van der Waals surface area (Å²) in [6, 6.07) is 6.38. The van der Waals surface area contributed by atoms with E-state index in [0.29, 0.717) is 12.2 Å². The van der Waals surface area contributed by atoms with Crippen molar-refractivity contribution in [3.63, 3.8) is 0 Å². The molecule has 0 atom stereocenters. The zero-order valence-corrected chi connectivity index (χ0v) is 17.0. The van der Waals surface area contributed by atoms with Crippen LogP contribution in [0.25, 0.3) is 5.69 Å². The molecule has 1 aromatic heterocycles. The molecule has 2 aliphatic rings. The van der Waals surface area contributed by atoms with Crippen molar-refractivity contribution in [2.45, 2.75) is 64.3 Å². The van der Waals surface area contributed by atoms with Crippen molar-refractivity contribution in [3.8, 4) is 5.69 Å². The van der Waals surface area contributed by atoms with E-state index in [9.17, 15) is 4.79 Å². The number of carbonyl (C=O) groups is 1. The quantitative estimate of drug-likeness (QED) is 0.843. The number of aromatic nitrogens is 2. The lowest BCUT2D eigenvalue weighted by molar-refractivity contribution is 0.0896. The maximum absolute atomic E-state index is 13.1. The number of hydrogen-bond acceptors (Lipinski definition) is 3. The van der Waals surface area contributed by atoms with Crippen LogP contribution in [-0.2, 0) is 12.8 Å². The Morgan fingerprint density at radius 1 is 1.22 bits per heavy atom. The van der Waals surface area contributed by atoms with E-state index in [-0.39, 0.29) is 23.9 Å². The van der Waals surface area contributed by atoms with Crippen LogP contribution in [0.1, 0.15) is 65.0 Å². The molecule has 4 rings (SSSR count). The van der Waals surface area contributed by atoms with E-state index in [0.717, 1.165) is 56.2 Å². The highest BCUT2D eigenvalue weighted by Gasteiger charge is 2.36. The molecule has 5 nitrogen and oxygen atoms in total. The van der Waals surface area contributed by atoms with Crippen LogP contribution < -0.4 is 11.1 Å². The van der Waals surface area contributed by atoms with Gasteiger partial charge in [0.05, 0.1) is 11.2 Å². The molecule has 0 unspecified atom stereocenters. The van der Waals surface area contributed by atoms with Crippen LogP contribution in [0.5, 0.6) is 0 Å². The van der Waals surface area contributed by atoms with Crippen molar-refractivity contribution in [2.75, 3.05) is 6.54 Å². The minimum Gasteiger partial charge on any atom is -0.344 e.